The van der Waals surface area contributed by atoms with Gasteiger partial charge in [0.15, 0.2) is 8.32 Å². The fourth-order valence-electron chi connectivity index (χ4n) is 1.79. The van der Waals surface area contributed by atoms with Crippen molar-refractivity contribution in [2.24, 2.45) is 0 Å². The lowest BCUT2D eigenvalue weighted by molar-refractivity contribution is -0.126. The smallest absolute Gasteiger partial charge is 0.327 e. The highest BCUT2D eigenvalue weighted by Gasteiger charge is 2.43. The van der Waals surface area contributed by atoms with Gasteiger partial charge in [-0.05, 0) is 18.1 Å². The number of hydrogen-bond acceptors (Lipinski definition) is 3. The molecule has 0 aliphatic carbocycles. The minimum atomic E-state index is -1.81. The number of alkyl halides is 1. The molecule has 116 valence electrons. The van der Waals surface area contributed by atoms with Crippen molar-refractivity contribution in [3.63, 3.8) is 0 Å². The fraction of sp³-hybridized carbons (Fsp3) is 0.846. The SMILES string of the molecule is CN1C(=O)C(CBr)N(CCO[Si](C)(C)C(C)(C)C)C1=O. The van der Waals surface area contributed by atoms with Gasteiger partial charge in [0.05, 0.1) is 6.61 Å². The lowest BCUT2D eigenvalue weighted by atomic mass is 10.2. The summed E-state index contributed by atoms with van der Waals surface area (Å²) in [6.07, 6.45) is 0. The Bertz CT molecular complexity index is 396. The van der Waals surface area contributed by atoms with E-state index in [0.717, 1.165) is 0 Å². The summed E-state index contributed by atoms with van der Waals surface area (Å²) in [6.45, 7) is 11.8. The van der Waals surface area contributed by atoms with Gasteiger partial charge in [-0.15, -0.1) is 0 Å². The zero-order valence-corrected chi connectivity index (χ0v) is 15.8. The van der Waals surface area contributed by atoms with Crippen molar-refractivity contribution in [1.82, 2.24) is 9.80 Å². The van der Waals surface area contributed by atoms with Crippen molar-refractivity contribution in [2.75, 3.05) is 25.5 Å². The number of amides is 3. The van der Waals surface area contributed by atoms with Crippen LogP contribution in [0.3, 0.4) is 0 Å². The molecule has 0 spiro atoms. The maximum absolute atomic E-state index is 12.0. The second-order valence-corrected chi connectivity index (χ2v) is 12.1. The normalized spacial score (nSPS) is 21.1. The molecule has 1 saturated heterocycles. The fourth-order valence-corrected chi connectivity index (χ4v) is 3.45. The van der Waals surface area contributed by atoms with Crippen LogP contribution >= 0.6 is 15.9 Å². The monoisotopic (exact) mass is 364 g/mol. The third-order valence-electron chi connectivity index (χ3n) is 4.27. The van der Waals surface area contributed by atoms with E-state index < -0.39 is 14.4 Å². The molecule has 0 aromatic rings. The number of carbonyl (C=O) groups is 2. The number of imide groups is 1. The van der Waals surface area contributed by atoms with Gasteiger partial charge in [0, 0.05) is 18.9 Å². The van der Waals surface area contributed by atoms with Crippen LogP contribution < -0.4 is 0 Å². The van der Waals surface area contributed by atoms with E-state index in [2.05, 4.69) is 49.8 Å². The van der Waals surface area contributed by atoms with Crippen LogP contribution in [0.4, 0.5) is 4.79 Å². The molecule has 0 radical (unpaired) electrons. The summed E-state index contributed by atoms with van der Waals surface area (Å²) in [6, 6.07) is -0.645. The number of hydrogen-bond donors (Lipinski definition) is 0. The molecule has 3 amide bonds. The van der Waals surface area contributed by atoms with Gasteiger partial charge in [-0.25, -0.2) is 4.79 Å². The minimum Gasteiger partial charge on any atom is -0.415 e. The molecule has 1 unspecified atom stereocenters. The third-order valence-corrected chi connectivity index (χ3v) is 9.42. The molecule has 1 aliphatic heterocycles. The van der Waals surface area contributed by atoms with E-state index in [9.17, 15) is 9.59 Å². The van der Waals surface area contributed by atoms with Crippen LogP contribution in [0.5, 0.6) is 0 Å². The Morgan fingerprint density at radius 3 is 2.30 bits per heavy atom. The van der Waals surface area contributed by atoms with Crippen molar-refractivity contribution in [3.8, 4) is 0 Å². The quantitative estimate of drug-likeness (QED) is 0.428. The Morgan fingerprint density at radius 1 is 1.30 bits per heavy atom. The van der Waals surface area contributed by atoms with E-state index in [4.69, 9.17) is 4.43 Å². The largest absolute Gasteiger partial charge is 0.415 e. The number of nitrogens with zero attached hydrogens (tertiary/aromatic N) is 2. The molecular formula is C13H25BrN2O3Si. The summed E-state index contributed by atoms with van der Waals surface area (Å²) in [4.78, 5) is 26.6. The Morgan fingerprint density at radius 2 is 1.85 bits per heavy atom. The van der Waals surface area contributed by atoms with Gasteiger partial charge in [0.1, 0.15) is 6.04 Å². The van der Waals surface area contributed by atoms with Crippen molar-refractivity contribution in [3.05, 3.63) is 0 Å². The number of urea groups is 1. The predicted molar refractivity (Wildman–Crippen MR) is 85.6 cm³/mol. The number of rotatable bonds is 5. The first kappa shape index (κ1) is 17.6. The minimum absolute atomic E-state index is 0.142. The number of carbonyl (C=O) groups excluding carboxylic acids is 2. The van der Waals surface area contributed by atoms with E-state index in [0.29, 0.717) is 18.5 Å². The summed E-state index contributed by atoms with van der Waals surface area (Å²) in [5, 5.41) is 0.603. The van der Waals surface area contributed by atoms with Crippen LogP contribution in [0.15, 0.2) is 0 Å². The van der Waals surface area contributed by atoms with Gasteiger partial charge in [0.25, 0.3) is 5.91 Å². The highest BCUT2D eigenvalue weighted by molar-refractivity contribution is 9.09. The molecule has 5 nitrogen and oxygen atoms in total. The lowest BCUT2D eigenvalue weighted by Crippen LogP contribution is -2.44. The average Bonchev–Trinajstić information content (AvgIpc) is 2.52. The Balaban J connectivity index is 2.62. The summed E-state index contributed by atoms with van der Waals surface area (Å²) in [7, 11) is -0.290. The summed E-state index contributed by atoms with van der Waals surface area (Å²) >= 11 is 3.30. The van der Waals surface area contributed by atoms with E-state index in [-0.39, 0.29) is 17.0 Å². The van der Waals surface area contributed by atoms with Crippen molar-refractivity contribution in [1.29, 1.82) is 0 Å². The van der Waals surface area contributed by atoms with Crippen LogP contribution in [0.2, 0.25) is 18.1 Å². The van der Waals surface area contributed by atoms with Crippen LogP contribution in [-0.2, 0) is 9.22 Å². The topological polar surface area (TPSA) is 49.9 Å². The highest BCUT2D eigenvalue weighted by atomic mass is 79.9. The Labute approximate surface area is 130 Å². The molecule has 1 heterocycles. The first-order chi connectivity index (χ1) is 9.03. The van der Waals surface area contributed by atoms with E-state index in [1.807, 2.05) is 0 Å². The maximum atomic E-state index is 12.0. The van der Waals surface area contributed by atoms with Crippen LogP contribution in [-0.4, -0.2) is 61.6 Å². The molecule has 0 saturated carbocycles. The molecule has 1 atom stereocenters. The molecule has 20 heavy (non-hydrogen) atoms. The molecule has 0 aromatic carbocycles. The lowest BCUT2D eigenvalue weighted by Gasteiger charge is -2.36. The average molecular weight is 365 g/mol. The maximum Gasteiger partial charge on any atom is 0.327 e. The van der Waals surface area contributed by atoms with Crippen LogP contribution in [0.25, 0.3) is 0 Å². The zero-order valence-electron chi connectivity index (χ0n) is 13.2. The van der Waals surface area contributed by atoms with E-state index in [1.54, 1.807) is 4.90 Å². The second-order valence-electron chi connectivity index (χ2n) is 6.65. The van der Waals surface area contributed by atoms with Gasteiger partial charge in [0.2, 0.25) is 0 Å². The number of likely N-dealkylation sites (N-methyl/N-ethyl adjacent to an activating group) is 1. The summed E-state index contributed by atoms with van der Waals surface area (Å²) < 4.78 is 6.07. The molecule has 0 N–H and O–H groups in total. The second kappa shape index (κ2) is 6.15. The molecule has 1 aliphatic rings. The van der Waals surface area contributed by atoms with E-state index in [1.165, 1.54) is 11.9 Å². The first-order valence-corrected chi connectivity index (χ1v) is 10.8. The molecule has 1 fully saturated rings. The molecule has 0 bridgehead atoms. The molecule has 7 heteroatoms. The molecule has 1 rings (SSSR count). The Kier molecular flexibility index (Phi) is 5.43. The first-order valence-electron chi connectivity index (χ1n) is 6.81. The Hall–Kier alpha value is -0.403. The zero-order chi connectivity index (χ0) is 15.7. The van der Waals surface area contributed by atoms with Crippen molar-refractivity contribution < 1.29 is 14.0 Å². The standard InChI is InChI=1S/C13H25BrN2O3Si/c1-13(2,3)20(5,6)19-8-7-16-10(9-14)11(17)15(4)12(16)18/h10H,7-9H2,1-6H3. The molecule has 0 aromatic heterocycles. The van der Waals surface area contributed by atoms with Gasteiger partial charge in [-0.2, -0.15) is 0 Å². The predicted octanol–water partition coefficient (Wildman–Crippen LogP) is 2.67. The van der Waals surface area contributed by atoms with Gasteiger partial charge < -0.3 is 9.33 Å². The molecular weight excluding hydrogens is 340 g/mol. The van der Waals surface area contributed by atoms with Gasteiger partial charge in [-0.1, -0.05) is 36.7 Å². The van der Waals surface area contributed by atoms with Gasteiger partial charge in [-0.3, -0.25) is 9.69 Å². The number of halogens is 1. The highest BCUT2D eigenvalue weighted by Crippen LogP contribution is 2.36. The van der Waals surface area contributed by atoms with Crippen molar-refractivity contribution >= 4 is 36.2 Å². The third kappa shape index (κ3) is 3.43. The summed E-state index contributed by atoms with van der Waals surface area (Å²) in [5.74, 6) is -0.154. The van der Waals surface area contributed by atoms with Crippen LogP contribution in [0.1, 0.15) is 20.8 Å². The van der Waals surface area contributed by atoms with Crippen LogP contribution in [0, 0.1) is 0 Å². The van der Waals surface area contributed by atoms with Gasteiger partial charge >= 0.3 is 6.03 Å². The van der Waals surface area contributed by atoms with E-state index >= 15 is 0 Å². The summed E-state index contributed by atoms with van der Waals surface area (Å²) in [5.41, 5.74) is 0. The van der Waals surface area contributed by atoms with Crippen molar-refractivity contribution in [2.45, 2.75) is 44.9 Å².